The van der Waals surface area contributed by atoms with Crippen molar-refractivity contribution in [1.82, 2.24) is 14.5 Å². The van der Waals surface area contributed by atoms with Crippen LogP contribution < -0.4 is 15.2 Å². The molecule has 6 rings (SSSR count). The number of amides is 1. The molecule has 0 unspecified atom stereocenters. The zero-order valence-corrected chi connectivity index (χ0v) is 19.4. The number of H-pyrrole nitrogens is 1. The Balaban J connectivity index is 1.55. The molecule has 37 heavy (non-hydrogen) atoms. The maximum absolute atomic E-state index is 13.6. The zero-order valence-electron chi connectivity index (χ0n) is 19.4. The van der Waals surface area contributed by atoms with Gasteiger partial charge in [0.25, 0.3) is 5.91 Å². The largest absolute Gasteiger partial charge is 0.459 e. The van der Waals surface area contributed by atoms with Crippen LogP contribution in [0, 0.1) is 5.82 Å². The lowest BCUT2D eigenvalue weighted by Gasteiger charge is -2.21. The summed E-state index contributed by atoms with van der Waals surface area (Å²) in [4.78, 5) is 31.0. The van der Waals surface area contributed by atoms with Crippen molar-refractivity contribution in [2.75, 3.05) is 6.79 Å². The number of carbonyl (C=O) groups excluding carboxylic acids is 1. The van der Waals surface area contributed by atoms with E-state index in [1.54, 1.807) is 54.7 Å². The first kappa shape index (κ1) is 22.4. The second-order valence-electron chi connectivity index (χ2n) is 8.40. The lowest BCUT2D eigenvalue weighted by molar-refractivity contribution is 0.0782. The van der Waals surface area contributed by atoms with Crippen LogP contribution in [0.5, 0.6) is 11.5 Å². The van der Waals surface area contributed by atoms with E-state index in [0.29, 0.717) is 39.4 Å². The third kappa shape index (κ3) is 4.27. The Morgan fingerprint density at radius 1 is 1.00 bits per heavy atom. The van der Waals surface area contributed by atoms with E-state index < -0.39 is 5.91 Å². The first-order valence-electron chi connectivity index (χ1n) is 11.5. The Hall–Kier alpha value is -5.05. The van der Waals surface area contributed by atoms with E-state index in [1.165, 1.54) is 27.9 Å². The van der Waals surface area contributed by atoms with Gasteiger partial charge in [0.1, 0.15) is 5.82 Å². The molecule has 5 aromatic rings. The van der Waals surface area contributed by atoms with E-state index in [9.17, 15) is 14.0 Å². The highest BCUT2D eigenvalue weighted by Crippen LogP contribution is 2.35. The minimum Gasteiger partial charge on any atom is -0.459 e. The smallest absolute Gasteiger partial charge is 0.331 e. The molecule has 8 nitrogen and oxygen atoms in total. The topological polar surface area (TPSA) is 89.7 Å². The number of fused-ring (bicyclic) bond motifs is 2. The molecule has 3 heterocycles. The van der Waals surface area contributed by atoms with E-state index in [2.05, 4.69) is 4.98 Å². The van der Waals surface area contributed by atoms with Gasteiger partial charge in [-0.25, -0.2) is 9.18 Å². The molecule has 0 aliphatic carbocycles. The number of nitrogens with one attached hydrogen (secondary N) is 1. The third-order valence-corrected chi connectivity index (χ3v) is 6.04. The molecule has 3 aromatic carbocycles. The highest BCUT2D eigenvalue weighted by molar-refractivity contribution is 5.93. The number of para-hydroxylation sites is 2. The number of imidazole rings is 1. The van der Waals surface area contributed by atoms with Crippen LogP contribution >= 0.6 is 0 Å². The number of hydrogen-bond acceptors (Lipinski definition) is 5. The van der Waals surface area contributed by atoms with E-state index >= 15 is 0 Å². The van der Waals surface area contributed by atoms with Crippen molar-refractivity contribution in [3.8, 4) is 11.5 Å². The molecule has 0 fully saturated rings. The standard InChI is InChI=1S/C28H20FN3O5/c29-20-10-7-18(8-11-20)15-31(27(33)25-6-3-13-35-25)16-23(19-9-12-24-26(14-19)37-17-36-24)32-22-5-2-1-4-21(22)30-28(32)34/h1-14,16H,15,17H2,(H,30,34)/b23-16+. The van der Waals surface area contributed by atoms with Crippen LogP contribution in [0.3, 0.4) is 0 Å². The molecule has 1 aliphatic heterocycles. The van der Waals surface area contributed by atoms with Crippen LogP contribution in [0.1, 0.15) is 21.7 Å². The fourth-order valence-electron chi connectivity index (χ4n) is 4.26. The Bertz CT molecular complexity index is 1680. The average molecular weight is 497 g/mol. The second kappa shape index (κ2) is 9.19. The van der Waals surface area contributed by atoms with E-state index in [1.807, 2.05) is 18.2 Å². The van der Waals surface area contributed by atoms with E-state index in [-0.39, 0.29) is 30.6 Å². The lowest BCUT2D eigenvalue weighted by Crippen LogP contribution is -2.27. The van der Waals surface area contributed by atoms with Crippen LogP contribution in [-0.4, -0.2) is 27.2 Å². The summed E-state index contributed by atoms with van der Waals surface area (Å²) >= 11 is 0. The highest BCUT2D eigenvalue weighted by Gasteiger charge is 2.23. The quantitative estimate of drug-likeness (QED) is 0.357. The minimum absolute atomic E-state index is 0.0958. The first-order chi connectivity index (χ1) is 18.1. The first-order valence-corrected chi connectivity index (χ1v) is 11.5. The van der Waals surface area contributed by atoms with Crippen LogP contribution in [0.25, 0.3) is 16.7 Å². The lowest BCUT2D eigenvalue weighted by atomic mass is 10.1. The van der Waals surface area contributed by atoms with Crippen molar-refractivity contribution < 1.29 is 23.1 Å². The van der Waals surface area contributed by atoms with Crippen molar-refractivity contribution in [1.29, 1.82) is 0 Å². The molecule has 0 radical (unpaired) electrons. The van der Waals surface area contributed by atoms with Gasteiger partial charge in [-0.1, -0.05) is 24.3 Å². The summed E-state index contributed by atoms with van der Waals surface area (Å²) < 4.78 is 31.4. The van der Waals surface area contributed by atoms with Gasteiger partial charge in [-0.2, -0.15) is 0 Å². The number of nitrogens with zero attached hydrogens (tertiary/aromatic N) is 2. The normalized spacial score (nSPS) is 12.7. The number of furan rings is 1. The van der Waals surface area contributed by atoms with Crippen LogP contribution in [0.15, 0.2) is 101 Å². The summed E-state index contributed by atoms with van der Waals surface area (Å²) in [5, 5.41) is 0. The molecular weight excluding hydrogens is 477 g/mol. The van der Waals surface area contributed by atoms with Gasteiger partial charge in [-0.05, 0) is 60.2 Å². The van der Waals surface area contributed by atoms with Gasteiger partial charge in [0.05, 0.1) is 29.5 Å². The van der Waals surface area contributed by atoms with Gasteiger partial charge < -0.3 is 23.8 Å². The number of rotatable bonds is 6. The zero-order chi connectivity index (χ0) is 25.4. The van der Waals surface area contributed by atoms with Crippen molar-refractivity contribution in [3.63, 3.8) is 0 Å². The number of benzene rings is 3. The summed E-state index contributed by atoms with van der Waals surface area (Å²) in [5.74, 6) is 0.424. The molecule has 2 aromatic heterocycles. The molecule has 0 atom stereocenters. The Labute approximate surface area is 209 Å². The fourth-order valence-corrected chi connectivity index (χ4v) is 4.26. The van der Waals surface area contributed by atoms with Gasteiger partial charge in [0, 0.05) is 11.8 Å². The van der Waals surface area contributed by atoms with Gasteiger partial charge in [0.2, 0.25) is 6.79 Å². The van der Waals surface area contributed by atoms with E-state index in [4.69, 9.17) is 13.9 Å². The summed E-state index contributed by atoms with van der Waals surface area (Å²) in [6, 6.07) is 21.6. The Morgan fingerprint density at radius 2 is 1.81 bits per heavy atom. The van der Waals surface area contributed by atoms with Crippen molar-refractivity contribution in [2.45, 2.75) is 6.54 Å². The highest BCUT2D eigenvalue weighted by atomic mass is 19.1. The van der Waals surface area contributed by atoms with Crippen LogP contribution in [0.4, 0.5) is 4.39 Å². The van der Waals surface area contributed by atoms with Crippen LogP contribution in [0.2, 0.25) is 0 Å². The number of aromatic nitrogens is 2. The summed E-state index contributed by atoms with van der Waals surface area (Å²) in [7, 11) is 0. The van der Waals surface area contributed by atoms with E-state index in [0.717, 1.165) is 0 Å². The molecule has 0 bridgehead atoms. The van der Waals surface area contributed by atoms with Crippen molar-refractivity contribution in [2.24, 2.45) is 0 Å². The molecule has 0 spiro atoms. The van der Waals surface area contributed by atoms with Gasteiger partial charge in [-0.15, -0.1) is 0 Å². The fraction of sp³-hybridized carbons (Fsp3) is 0.0714. The maximum Gasteiger partial charge on any atom is 0.331 e. The van der Waals surface area contributed by atoms with Gasteiger partial charge >= 0.3 is 5.69 Å². The summed E-state index contributed by atoms with van der Waals surface area (Å²) in [6.07, 6.45) is 3.00. The van der Waals surface area contributed by atoms with Crippen LogP contribution in [-0.2, 0) is 6.54 Å². The third-order valence-electron chi connectivity index (χ3n) is 6.04. The molecular formula is C28H20FN3O5. The number of hydrogen-bond donors (Lipinski definition) is 1. The van der Waals surface area contributed by atoms with Crippen molar-refractivity contribution in [3.05, 3.63) is 125 Å². The molecule has 0 saturated heterocycles. The number of halogens is 1. The Morgan fingerprint density at radius 3 is 2.62 bits per heavy atom. The summed E-state index contributed by atoms with van der Waals surface area (Å²) in [6.45, 7) is 0.198. The number of aromatic amines is 1. The SMILES string of the molecule is O=C(c1ccco1)N(/C=C(\c1ccc2c(c1)OCO2)n1c(=O)[nH]c2ccccc21)Cc1ccc(F)cc1. The average Bonchev–Trinajstić information content (AvgIpc) is 3.67. The van der Waals surface area contributed by atoms with Crippen molar-refractivity contribution >= 4 is 22.6 Å². The van der Waals surface area contributed by atoms with Gasteiger partial charge in [0.15, 0.2) is 17.3 Å². The predicted octanol–water partition coefficient (Wildman–Crippen LogP) is 4.98. The molecule has 0 saturated carbocycles. The summed E-state index contributed by atoms with van der Waals surface area (Å²) in [5.41, 5.74) is 2.62. The Kier molecular flexibility index (Phi) is 5.57. The van der Waals surface area contributed by atoms with Gasteiger partial charge in [-0.3, -0.25) is 9.36 Å². The number of ether oxygens (including phenoxy) is 2. The predicted molar refractivity (Wildman–Crippen MR) is 133 cm³/mol. The molecule has 1 amide bonds. The molecule has 1 aliphatic rings. The molecule has 1 N–H and O–H groups in total. The second-order valence-corrected chi connectivity index (χ2v) is 8.40. The monoisotopic (exact) mass is 497 g/mol. The molecule has 9 heteroatoms. The number of carbonyl (C=O) groups is 1. The maximum atomic E-state index is 13.6. The minimum atomic E-state index is -0.430. The molecule has 184 valence electrons.